The highest BCUT2D eigenvalue weighted by atomic mass is 16.2. The van der Waals surface area contributed by atoms with E-state index in [0.29, 0.717) is 13.1 Å². The molecule has 1 amide bonds. The molecule has 0 radical (unpaired) electrons. The van der Waals surface area contributed by atoms with Gasteiger partial charge in [0.2, 0.25) is 5.91 Å². The predicted molar refractivity (Wildman–Crippen MR) is 91.0 cm³/mol. The predicted octanol–water partition coefficient (Wildman–Crippen LogP) is -1.07. The Morgan fingerprint density at radius 2 is 2.21 bits per heavy atom. The maximum absolute atomic E-state index is 12.1. The van der Waals surface area contributed by atoms with Crippen LogP contribution in [0.5, 0.6) is 0 Å². The summed E-state index contributed by atoms with van der Waals surface area (Å²) in [6, 6.07) is 1.94. The molecule has 24 heavy (non-hydrogen) atoms. The molecule has 0 aromatic carbocycles. The van der Waals surface area contributed by atoms with Gasteiger partial charge in [0.25, 0.3) is 0 Å². The van der Waals surface area contributed by atoms with Crippen LogP contribution < -0.4 is 21.3 Å². The molecule has 8 heteroatoms. The van der Waals surface area contributed by atoms with Crippen molar-refractivity contribution >= 4 is 17.4 Å². The van der Waals surface area contributed by atoms with Crippen molar-refractivity contribution in [3.05, 3.63) is 23.5 Å². The first kappa shape index (κ1) is 15.3. The second kappa shape index (κ2) is 6.37. The molecule has 1 fully saturated rings. The molecule has 0 saturated carbocycles. The van der Waals surface area contributed by atoms with Gasteiger partial charge in [-0.15, -0.1) is 0 Å². The molecule has 2 aliphatic heterocycles. The van der Waals surface area contributed by atoms with Gasteiger partial charge in [0.05, 0.1) is 17.8 Å². The zero-order chi connectivity index (χ0) is 16.5. The number of carbonyl (C=O) groups is 1. The number of hydrogen-bond donors (Lipinski definition) is 3. The minimum Gasteiger partial charge on any atom is -0.354 e. The van der Waals surface area contributed by atoms with Gasteiger partial charge in [-0.05, 0) is 13.0 Å². The second-order valence-electron chi connectivity index (χ2n) is 6.39. The van der Waals surface area contributed by atoms with Gasteiger partial charge in [0, 0.05) is 50.8 Å². The quantitative estimate of drug-likeness (QED) is 0.660. The molecule has 4 heterocycles. The van der Waals surface area contributed by atoms with Crippen molar-refractivity contribution in [1.29, 1.82) is 0 Å². The fourth-order valence-corrected chi connectivity index (χ4v) is 3.50. The highest BCUT2D eigenvalue weighted by molar-refractivity contribution is 5.82. The van der Waals surface area contributed by atoms with Crippen LogP contribution in [0.25, 0.3) is 5.65 Å². The number of hydrogen-bond acceptors (Lipinski definition) is 6. The van der Waals surface area contributed by atoms with Crippen LogP contribution in [-0.4, -0.2) is 59.8 Å². The summed E-state index contributed by atoms with van der Waals surface area (Å²) in [5.74, 6) is 1.22. The Kier molecular flexibility index (Phi) is 4.07. The van der Waals surface area contributed by atoms with Crippen LogP contribution in [-0.2, 0) is 17.6 Å². The Morgan fingerprint density at radius 1 is 1.38 bits per heavy atom. The van der Waals surface area contributed by atoms with Gasteiger partial charge >= 0.3 is 0 Å². The van der Waals surface area contributed by atoms with Crippen LogP contribution in [0.4, 0.5) is 5.82 Å². The summed E-state index contributed by atoms with van der Waals surface area (Å²) in [6.07, 6.45) is 3.65. The van der Waals surface area contributed by atoms with Crippen molar-refractivity contribution in [3.63, 3.8) is 0 Å². The molecule has 8 nitrogen and oxygen atoms in total. The van der Waals surface area contributed by atoms with Crippen molar-refractivity contribution < 1.29 is 4.79 Å². The second-order valence-corrected chi connectivity index (χ2v) is 6.39. The monoisotopic (exact) mass is 329 g/mol. The molecule has 0 atom stereocenters. The Bertz CT molecular complexity index is 750. The van der Waals surface area contributed by atoms with Gasteiger partial charge in [-0.2, -0.15) is 9.61 Å². The number of nitrogens with two attached hydrogens (primary N) is 1. The van der Waals surface area contributed by atoms with Crippen LogP contribution in [0.15, 0.2) is 12.3 Å². The molecule has 0 aliphatic carbocycles. The van der Waals surface area contributed by atoms with E-state index in [9.17, 15) is 4.79 Å². The van der Waals surface area contributed by atoms with E-state index in [2.05, 4.69) is 20.6 Å². The first-order chi connectivity index (χ1) is 11.8. The summed E-state index contributed by atoms with van der Waals surface area (Å²) >= 11 is 0. The van der Waals surface area contributed by atoms with Gasteiger partial charge in [-0.25, -0.2) is 4.98 Å². The van der Waals surface area contributed by atoms with Crippen LogP contribution in [0.2, 0.25) is 0 Å². The fourth-order valence-electron chi connectivity index (χ4n) is 3.50. The Labute approximate surface area is 140 Å². The maximum Gasteiger partial charge on any atom is 0.226 e. The zero-order valence-electron chi connectivity index (χ0n) is 13.7. The van der Waals surface area contributed by atoms with E-state index < -0.39 is 0 Å². The average molecular weight is 329 g/mol. The van der Waals surface area contributed by atoms with Crippen molar-refractivity contribution in [2.24, 2.45) is 11.7 Å². The average Bonchev–Trinajstić information content (AvgIpc) is 2.87. The van der Waals surface area contributed by atoms with Gasteiger partial charge < -0.3 is 21.3 Å². The first-order valence-corrected chi connectivity index (χ1v) is 8.57. The number of carbonyl (C=O) groups excluding carboxylic acids is 1. The van der Waals surface area contributed by atoms with Crippen molar-refractivity contribution in [1.82, 2.24) is 25.2 Å². The van der Waals surface area contributed by atoms with E-state index in [-0.39, 0.29) is 11.8 Å². The number of amides is 1. The van der Waals surface area contributed by atoms with Crippen molar-refractivity contribution in [2.45, 2.75) is 12.8 Å². The lowest BCUT2D eigenvalue weighted by Gasteiger charge is -2.41. The molecule has 1 saturated heterocycles. The lowest BCUT2D eigenvalue weighted by molar-refractivity contribution is -0.125. The fraction of sp³-hybridized carbons (Fsp3) is 0.562. The Balaban J connectivity index is 1.61. The topological polar surface area (TPSA) is 101 Å². The Hall–Kier alpha value is -2.19. The van der Waals surface area contributed by atoms with Crippen molar-refractivity contribution in [2.75, 3.05) is 44.2 Å². The molecule has 2 aromatic rings. The summed E-state index contributed by atoms with van der Waals surface area (Å²) in [7, 11) is 0. The number of nitrogens with one attached hydrogen (secondary N) is 2. The van der Waals surface area contributed by atoms with Gasteiger partial charge in [-0.1, -0.05) is 0 Å². The third kappa shape index (κ3) is 2.61. The molecule has 2 aliphatic rings. The standard InChI is InChI=1S/C16H23N7O/c17-4-8-19-15(24)11-9-22(10-11)16-12-1-5-18-6-2-13(12)21-14-3-7-20-23(14)16/h3,7,11,18H,1-2,4-6,8-10,17H2,(H,19,24). The number of nitrogens with zero attached hydrogens (tertiary/aromatic N) is 4. The van der Waals surface area contributed by atoms with E-state index in [0.717, 1.165) is 56.2 Å². The van der Waals surface area contributed by atoms with Gasteiger partial charge in [-0.3, -0.25) is 4.79 Å². The third-order valence-electron chi connectivity index (χ3n) is 4.78. The lowest BCUT2D eigenvalue weighted by Crippen LogP contribution is -2.55. The van der Waals surface area contributed by atoms with E-state index in [1.165, 1.54) is 5.56 Å². The highest BCUT2D eigenvalue weighted by Crippen LogP contribution is 2.31. The normalized spacial score (nSPS) is 18.1. The minimum atomic E-state index is 0.0230. The number of fused-ring (bicyclic) bond motifs is 2. The molecule has 0 spiro atoms. The van der Waals surface area contributed by atoms with Crippen LogP contribution >= 0.6 is 0 Å². The van der Waals surface area contributed by atoms with Gasteiger partial charge in [0.15, 0.2) is 5.65 Å². The molecule has 2 aromatic heterocycles. The molecule has 128 valence electrons. The van der Waals surface area contributed by atoms with E-state index in [1.807, 2.05) is 10.6 Å². The highest BCUT2D eigenvalue weighted by Gasteiger charge is 2.36. The summed E-state index contributed by atoms with van der Waals surface area (Å²) in [6.45, 7) is 4.34. The Morgan fingerprint density at radius 3 is 3.04 bits per heavy atom. The van der Waals surface area contributed by atoms with Crippen LogP contribution in [0, 0.1) is 5.92 Å². The van der Waals surface area contributed by atoms with Crippen molar-refractivity contribution in [3.8, 4) is 0 Å². The van der Waals surface area contributed by atoms with E-state index in [4.69, 9.17) is 10.7 Å². The molecule has 0 bridgehead atoms. The molecule has 4 N–H and O–H groups in total. The molecule has 0 unspecified atom stereocenters. The smallest absolute Gasteiger partial charge is 0.226 e. The largest absolute Gasteiger partial charge is 0.354 e. The van der Waals surface area contributed by atoms with Crippen LogP contribution in [0.1, 0.15) is 11.3 Å². The summed E-state index contributed by atoms with van der Waals surface area (Å²) in [4.78, 5) is 19.1. The van der Waals surface area contributed by atoms with E-state index >= 15 is 0 Å². The SMILES string of the molecule is NCCNC(=O)C1CN(c2c3c(nc4ccnn24)CCNCC3)C1. The summed E-state index contributed by atoms with van der Waals surface area (Å²) in [5, 5.41) is 10.8. The number of rotatable bonds is 4. The van der Waals surface area contributed by atoms with Gasteiger partial charge in [0.1, 0.15) is 5.82 Å². The minimum absolute atomic E-state index is 0.0230. The zero-order valence-corrected chi connectivity index (χ0v) is 13.7. The summed E-state index contributed by atoms with van der Waals surface area (Å²) < 4.78 is 1.91. The maximum atomic E-state index is 12.1. The third-order valence-corrected chi connectivity index (χ3v) is 4.78. The number of anilines is 1. The molecular formula is C16H23N7O. The summed E-state index contributed by atoms with van der Waals surface area (Å²) in [5.41, 5.74) is 8.74. The van der Waals surface area contributed by atoms with E-state index in [1.54, 1.807) is 6.20 Å². The molecular weight excluding hydrogens is 306 g/mol. The lowest BCUT2D eigenvalue weighted by atomic mass is 9.97. The van der Waals surface area contributed by atoms with Crippen LogP contribution in [0.3, 0.4) is 0 Å². The number of aromatic nitrogens is 3. The first-order valence-electron chi connectivity index (χ1n) is 8.57. The molecule has 4 rings (SSSR count).